The first-order valence-corrected chi connectivity index (χ1v) is 4.89. The van der Waals surface area contributed by atoms with Crippen LogP contribution in [0.3, 0.4) is 0 Å². The summed E-state index contributed by atoms with van der Waals surface area (Å²) in [5, 5.41) is 10.4. The third-order valence-electron chi connectivity index (χ3n) is 1.64. The predicted molar refractivity (Wildman–Crippen MR) is 57.4 cm³/mol. The number of hydrogen-bond donors (Lipinski definition) is 0. The molecule has 1 aromatic heterocycles. The van der Waals surface area contributed by atoms with Crippen LogP contribution >= 0.6 is 11.3 Å². The SMILES string of the molecule is COC(=O)C=Cc1cc(C=O)sc1[N+](=O)[O-]. The van der Waals surface area contributed by atoms with Crippen molar-refractivity contribution in [2.75, 3.05) is 7.11 Å². The number of esters is 1. The number of carbonyl (C=O) groups is 2. The lowest BCUT2D eigenvalue weighted by molar-refractivity contribution is -0.380. The van der Waals surface area contributed by atoms with Gasteiger partial charge in [0.1, 0.15) is 0 Å². The second-order valence-electron chi connectivity index (χ2n) is 2.64. The number of methoxy groups -OCH3 is 1. The van der Waals surface area contributed by atoms with E-state index in [1.54, 1.807) is 0 Å². The van der Waals surface area contributed by atoms with E-state index in [0.29, 0.717) is 6.29 Å². The summed E-state index contributed by atoms with van der Waals surface area (Å²) in [5.74, 6) is -0.617. The van der Waals surface area contributed by atoms with Gasteiger partial charge in [-0.1, -0.05) is 11.3 Å². The normalized spacial score (nSPS) is 10.3. The average molecular weight is 241 g/mol. The zero-order chi connectivity index (χ0) is 12.1. The van der Waals surface area contributed by atoms with Crippen molar-refractivity contribution in [3.63, 3.8) is 0 Å². The second-order valence-corrected chi connectivity index (χ2v) is 3.70. The molecule has 0 aliphatic carbocycles. The molecule has 16 heavy (non-hydrogen) atoms. The highest BCUT2D eigenvalue weighted by atomic mass is 32.1. The molecule has 1 aromatic rings. The number of hydrogen-bond acceptors (Lipinski definition) is 6. The molecule has 0 bridgehead atoms. The Kier molecular flexibility index (Phi) is 3.90. The highest BCUT2D eigenvalue weighted by Crippen LogP contribution is 2.30. The molecule has 0 spiro atoms. The van der Waals surface area contributed by atoms with E-state index in [-0.39, 0.29) is 15.4 Å². The van der Waals surface area contributed by atoms with Gasteiger partial charge in [0.25, 0.3) is 0 Å². The molecular weight excluding hydrogens is 234 g/mol. The molecule has 0 amide bonds. The van der Waals surface area contributed by atoms with E-state index in [1.165, 1.54) is 19.3 Å². The Morgan fingerprint density at radius 1 is 1.62 bits per heavy atom. The molecule has 0 saturated carbocycles. The Hall–Kier alpha value is -2.02. The molecule has 0 aliphatic heterocycles. The summed E-state index contributed by atoms with van der Waals surface area (Å²) in [6.45, 7) is 0. The van der Waals surface area contributed by atoms with Gasteiger partial charge in [0, 0.05) is 6.08 Å². The number of carbonyl (C=O) groups excluding carboxylic acids is 2. The number of aldehydes is 1. The van der Waals surface area contributed by atoms with Gasteiger partial charge in [-0.3, -0.25) is 14.9 Å². The summed E-state index contributed by atoms with van der Waals surface area (Å²) in [6, 6.07) is 1.34. The van der Waals surface area contributed by atoms with Crippen LogP contribution in [-0.4, -0.2) is 24.3 Å². The minimum absolute atomic E-state index is 0.178. The van der Waals surface area contributed by atoms with Gasteiger partial charge in [0.15, 0.2) is 6.29 Å². The van der Waals surface area contributed by atoms with Gasteiger partial charge in [0.2, 0.25) is 0 Å². The second kappa shape index (κ2) is 5.17. The molecule has 0 unspecified atom stereocenters. The van der Waals surface area contributed by atoms with Crippen molar-refractivity contribution in [2.45, 2.75) is 0 Å². The summed E-state index contributed by atoms with van der Waals surface area (Å²) in [7, 11) is 1.20. The Bertz CT molecular complexity index is 462. The van der Waals surface area contributed by atoms with Crippen LogP contribution in [0.2, 0.25) is 0 Å². The highest BCUT2D eigenvalue weighted by molar-refractivity contribution is 7.17. The topological polar surface area (TPSA) is 86.5 Å². The van der Waals surface area contributed by atoms with Crippen LogP contribution in [0.5, 0.6) is 0 Å². The molecule has 6 nitrogen and oxygen atoms in total. The van der Waals surface area contributed by atoms with Crippen molar-refractivity contribution < 1.29 is 19.2 Å². The van der Waals surface area contributed by atoms with Gasteiger partial charge in [-0.25, -0.2) is 4.79 Å². The number of thiophene rings is 1. The molecule has 0 atom stereocenters. The standard InChI is InChI=1S/C9H7NO5S/c1-15-8(12)3-2-6-4-7(5-11)16-9(6)10(13)14/h2-5H,1H3. The molecule has 7 heteroatoms. The number of nitro groups is 1. The van der Waals surface area contributed by atoms with E-state index < -0.39 is 10.9 Å². The van der Waals surface area contributed by atoms with Crippen molar-refractivity contribution >= 4 is 34.7 Å². The molecule has 0 fully saturated rings. The predicted octanol–water partition coefficient (Wildman–Crippen LogP) is 1.66. The Balaban J connectivity index is 3.06. The molecule has 1 rings (SSSR count). The maximum atomic E-state index is 10.8. The smallest absolute Gasteiger partial charge is 0.331 e. The fourth-order valence-corrected chi connectivity index (χ4v) is 1.74. The van der Waals surface area contributed by atoms with E-state index in [1.807, 2.05) is 0 Å². The van der Waals surface area contributed by atoms with Gasteiger partial charge in [-0.05, 0) is 12.1 Å². The minimum Gasteiger partial charge on any atom is -0.466 e. The van der Waals surface area contributed by atoms with E-state index >= 15 is 0 Å². The molecule has 0 aromatic carbocycles. The number of rotatable bonds is 4. The van der Waals surface area contributed by atoms with Gasteiger partial charge >= 0.3 is 11.0 Å². The fraction of sp³-hybridized carbons (Fsp3) is 0.111. The lowest BCUT2D eigenvalue weighted by atomic mass is 10.2. The van der Waals surface area contributed by atoms with Crippen LogP contribution in [0, 0.1) is 10.1 Å². The fourth-order valence-electron chi connectivity index (χ4n) is 0.961. The molecule has 84 valence electrons. The zero-order valence-corrected chi connectivity index (χ0v) is 9.02. The Labute approximate surface area is 94.3 Å². The highest BCUT2D eigenvalue weighted by Gasteiger charge is 2.16. The first-order chi connectivity index (χ1) is 7.58. The van der Waals surface area contributed by atoms with Gasteiger partial charge < -0.3 is 4.74 Å². The van der Waals surface area contributed by atoms with Crippen molar-refractivity contribution in [2.24, 2.45) is 0 Å². The van der Waals surface area contributed by atoms with E-state index in [4.69, 9.17) is 0 Å². The molecular formula is C9H7NO5S. The summed E-state index contributed by atoms with van der Waals surface area (Å²) < 4.78 is 4.34. The van der Waals surface area contributed by atoms with Crippen LogP contribution < -0.4 is 0 Å². The van der Waals surface area contributed by atoms with E-state index in [2.05, 4.69) is 4.74 Å². The van der Waals surface area contributed by atoms with Crippen LogP contribution in [0.1, 0.15) is 15.2 Å². The molecule has 0 saturated heterocycles. The summed E-state index contributed by atoms with van der Waals surface area (Å²) in [5.41, 5.74) is 0.211. The maximum absolute atomic E-state index is 10.8. The largest absolute Gasteiger partial charge is 0.466 e. The summed E-state index contributed by atoms with van der Waals surface area (Å²) in [6.07, 6.45) is 2.82. The van der Waals surface area contributed by atoms with Gasteiger partial charge in [-0.2, -0.15) is 0 Å². The number of ether oxygens (including phenoxy) is 1. The average Bonchev–Trinajstić information content (AvgIpc) is 2.69. The van der Waals surface area contributed by atoms with Crippen molar-refractivity contribution in [1.82, 2.24) is 0 Å². The maximum Gasteiger partial charge on any atom is 0.331 e. The monoisotopic (exact) mass is 241 g/mol. The van der Waals surface area contributed by atoms with Gasteiger partial charge in [0.05, 0.1) is 22.5 Å². The Morgan fingerprint density at radius 2 is 2.31 bits per heavy atom. The van der Waals surface area contributed by atoms with Crippen molar-refractivity contribution in [1.29, 1.82) is 0 Å². The molecule has 1 heterocycles. The first kappa shape index (κ1) is 12.1. The molecule has 0 aliphatic rings. The summed E-state index contributed by atoms with van der Waals surface area (Å²) in [4.78, 5) is 31.5. The molecule has 0 radical (unpaired) electrons. The Morgan fingerprint density at radius 3 is 2.81 bits per heavy atom. The number of nitrogens with zero attached hydrogens (tertiary/aromatic N) is 1. The van der Waals surface area contributed by atoms with Crippen LogP contribution in [-0.2, 0) is 9.53 Å². The third kappa shape index (κ3) is 2.74. The van der Waals surface area contributed by atoms with Crippen LogP contribution in [0.15, 0.2) is 12.1 Å². The van der Waals surface area contributed by atoms with E-state index in [0.717, 1.165) is 17.4 Å². The quantitative estimate of drug-likeness (QED) is 0.263. The van der Waals surface area contributed by atoms with E-state index in [9.17, 15) is 19.7 Å². The van der Waals surface area contributed by atoms with Crippen molar-refractivity contribution in [3.8, 4) is 0 Å². The minimum atomic E-state index is -0.617. The van der Waals surface area contributed by atoms with Crippen LogP contribution in [0.25, 0.3) is 6.08 Å². The lowest BCUT2D eigenvalue weighted by Crippen LogP contribution is -1.93. The third-order valence-corrected chi connectivity index (χ3v) is 2.67. The summed E-state index contributed by atoms with van der Waals surface area (Å²) >= 11 is 0.756. The zero-order valence-electron chi connectivity index (χ0n) is 8.21. The van der Waals surface area contributed by atoms with Crippen LogP contribution in [0.4, 0.5) is 5.00 Å². The molecule has 0 N–H and O–H groups in total. The van der Waals surface area contributed by atoms with Crippen molar-refractivity contribution in [3.05, 3.63) is 32.7 Å². The first-order valence-electron chi connectivity index (χ1n) is 4.08. The lowest BCUT2D eigenvalue weighted by Gasteiger charge is -1.89. The van der Waals surface area contributed by atoms with Gasteiger partial charge in [-0.15, -0.1) is 0 Å².